The summed E-state index contributed by atoms with van der Waals surface area (Å²) >= 11 is 0. The van der Waals surface area contributed by atoms with Gasteiger partial charge in [0.1, 0.15) is 6.10 Å². The highest BCUT2D eigenvalue weighted by Gasteiger charge is 2.46. The minimum atomic E-state index is -1.45. The molecule has 3 saturated heterocycles. The van der Waals surface area contributed by atoms with Crippen LogP contribution in [0.25, 0.3) is 0 Å². The SMILES string of the molecule is CC(C)/C=C\C(O)(C(=O)OC1CN2CCC1CC2)C1CCCCC1. The molecule has 4 rings (SSSR count). The number of hydrogen-bond donors (Lipinski definition) is 1. The average molecular weight is 335 g/mol. The molecule has 2 unspecified atom stereocenters. The first-order valence-corrected chi connectivity index (χ1v) is 9.84. The van der Waals surface area contributed by atoms with E-state index in [1.807, 2.05) is 6.08 Å². The van der Waals surface area contributed by atoms with Gasteiger partial charge in [0.05, 0.1) is 0 Å². The van der Waals surface area contributed by atoms with E-state index in [4.69, 9.17) is 4.74 Å². The van der Waals surface area contributed by atoms with Gasteiger partial charge in [-0.05, 0) is 56.7 Å². The standard InChI is InChI=1S/C20H33NO3/c1-15(2)8-11-20(23,17-6-4-3-5-7-17)19(22)24-18-14-21-12-9-16(18)10-13-21/h8,11,15-18,23H,3-7,9-10,12-14H2,1-2H3/b11-8-. The topological polar surface area (TPSA) is 49.8 Å². The van der Waals surface area contributed by atoms with Crippen LogP contribution in [0, 0.1) is 17.8 Å². The van der Waals surface area contributed by atoms with Crippen molar-refractivity contribution in [1.82, 2.24) is 4.90 Å². The maximum Gasteiger partial charge on any atom is 0.342 e. The van der Waals surface area contributed by atoms with Crippen LogP contribution >= 0.6 is 0 Å². The van der Waals surface area contributed by atoms with Crippen LogP contribution < -0.4 is 0 Å². The van der Waals surface area contributed by atoms with Crippen LogP contribution in [0.2, 0.25) is 0 Å². The van der Waals surface area contributed by atoms with E-state index in [1.165, 1.54) is 6.42 Å². The molecule has 24 heavy (non-hydrogen) atoms. The molecular formula is C20H33NO3. The Morgan fingerprint density at radius 2 is 1.83 bits per heavy atom. The number of allylic oxidation sites excluding steroid dienone is 1. The van der Waals surface area contributed by atoms with Gasteiger partial charge in [0.15, 0.2) is 5.60 Å². The molecular weight excluding hydrogens is 302 g/mol. The summed E-state index contributed by atoms with van der Waals surface area (Å²) in [5.74, 6) is 0.369. The maximum atomic E-state index is 13.0. The van der Waals surface area contributed by atoms with E-state index in [9.17, 15) is 9.90 Å². The Labute approximate surface area is 146 Å². The summed E-state index contributed by atoms with van der Waals surface area (Å²) in [6, 6.07) is 0. The molecule has 3 aliphatic heterocycles. The molecule has 0 spiro atoms. The summed E-state index contributed by atoms with van der Waals surface area (Å²) in [4.78, 5) is 15.4. The van der Waals surface area contributed by atoms with Crippen LogP contribution in [-0.4, -0.2) is 47.3 Å². The second kappa shape index (κ2) is 7.57. The van der Waals surface area contributed by atoms with Gasteiger partial charge in [0.2, 0.25) is 0 Å². The van der Waals surface area contributed by atoms with E-state index in [1.54, 1.807) is 6.08 Å². The molecule has 4 fully saturated rings. The highest BCUT2D eigenvalue weighted by molar-refractivity contribution is 5.82. The zero-order chi connectivity index (χ0) is 17.2. The summed E-state index contributed by atoms with van der Waals surface area (Å²) in [6.45, 7) is 7.22. The lowest BCUT2D eigenvalue weighted by Gasteiger charge is -2.45. The number of rotatable bonds is 5. The van der Waals surface area contributed by atoms with Crippen molar-refractivity contribution in [2.24, 2.45) is 17.8 Å². The summed E-state index contributed by atoms with van der Waals surface area (Å²) in [5.41, 5.74) is -1.45. The molecule has 3 heterocycles. The Balaban J connectivity index is 1.72. The fraction of sp³-hybridized carbons (Fsp3) is 0.850. The van der Waals surface area contributed by atoms with Gasteiger partial charge in [-0.1, -0.05) is 39.2 Å². The Bertz CT molecular complexity index is 462. The number of fused-ring (bicyclic) bond motifs is 3. The first kappa shape index (κ1) is 17.9. The van der Waals surface area contributed by atoms with Gasteiger partial charge in [-0.3, -0.25) is 4.90 Å². The normalized spacial score (nSPS) is 33.8. The monoisotopic (exact) mass is 335 g/mol. The minimum Gasteiger partial charge on any atom is -0.458 e. The molecule has 1 saturated carbocycles. The second-order valence-electron chi connectivity index (χ2n) is 8.35. The van der Waals surface area contributed by atoms with E-state index in [-0.39, 0.29) is 12.0 Å². The molecule has 2 atom stereocenters. The third-order valence-electron chi connectivity index (χ3n) is 6.14. The van der Waals surface area contributed by atoms with Crippen molar-refractivity contribution in [2.75, 3.05) is 19.6 Å². The molecule has 0 amide bonds. The van der Waals surface area contributed by atoms with Crippen molar-refractivity contribution in [3.8, 4) is 0 Å². The maximum absolute atomic E-state index is 13.0. The average Bonchev–Trinajstić information content (AvgIpc) is 2.61. The van der Waals surface area contributed by atoms with Crippen LogP contribution in [0.5, 0.6) is 0 Å². The molecule has 2 bridgehead atoms. The third-order valence-corrected chi connectivity index (χ3v) is 6.14. The van der Waals surface area contributed by atoms with Crippen molar-refractivity contribution in [3.05, 3.63) is 12.2 Å². The smallest absolute Gasteiger partial charge is 0.342 e. The van der Waals surface area contributed by atoms with Crippen LogP contribution in [0.3, 0.4) is 0 Å². The number of esters is 1. The molecule has 0 radical (unpaired) electrons. The summed E-state index contributed by atoms with van der Waals surface area (Å²) in [6.07, 6.45) is 11.1. The molecule has 4 heteroatoms. The lowest BCUT2D eigenvalue weighted by Crippen LogP contribution is -2.55. The van der Waals surface area contributed by atoms with Gasteiger partial charge in [-0.15, -0.1) is 0 Å². The van der Waals surface area contributed by atoms with Gasteiger partial charge in [0.25, 0.3) is 0 Å². The minimum absolute atomic E-state index is 0.00478. The van der Waals surface area contributed by atoms with E-state index in [2.05, 4.69) is 18.7 Å². The first-order valence-electron chi connectivity index (χ1n) is 9.84. The molecule has 4 aliphatic rings. The zero-order valence-electron chi connectivity index (χ0n) is 15.2. The number of carbonyl (C=O) groups is 1. The fourth-order valence-electron chi connectivity index (χ4n) is 4.53. The number of hydrogen-bond acceptors (Lipinski definition) is 4. The number of carbonyl (C=O) groups excluding carboxylic acids is 1. The summed E-state index contributed by atoms with van der Waals surface area (Å²) < 4.78 is 5.89. The van der Waals surface area contributed by atoms with E-state index >= 15 is 0 Å². The predicted molar refractivity (Wildman–Crippen MR) is 94.5 cm³/mol. The number of aliphatic hydroxyl groups is 1. The molecule has 0 aromatic carbocycles. The zero-order valence-corrected chi connectivity index (χ0v) is 15.2. The summed E-state index contributed by atoms with van der Waals surface area (Å²) in [5, 5.41) is 11.3. The number of nitrogens with zero attached hydrogens (tertiary/aromatic N) is 1. The molecule has 136 valence electrons. The number of ether oxygens (including phenoxy) is 1. The Morgan fingerprint density at radius 3 is 2.38 bits per heavy atom. The van der Waals surface area contributed by atoms with Gasteiger partial charge >= 0.3 is 5.97 Å². The lowest BCUT2D eigenvalue weighted by molar-refractivity contribution is -0.181. The Morgan fingerprint density at radius 1 is 1.17 bits per heavy atom. The van der Waals surface area contributed by atoms with E-state index in [0.29, 0.717) is 11.8 Å². The quantitative estimate of drug-likeness (QED) is 0.619. The van der Waals surface area contributed by atoms with Crippen molar-refractivity contribution in [2.45, 2.75) is 70.5 Å². The van der Waals surface area contributed by atoms with Crippen LogP contribution in [0.1, 0.15) is 58.8 Å². The Hall–Kier alpha value is -0.870. The van der Waals surface area contributed by atoms with Crippen LogP contribution in [0.15, 0.2) is 12.2 Å². The molecule has 1 N–H and O–H groups in total. The van der Waals surface area contributed by atoms with E-state index < -0.39 is 11.6 Å². The van der Waals surface area contributed by atoms with Crippen LogP contribution in [-0.2, 0) is 9.53 Å². The fourth-order valence-corrected chi connectivity index (χ4v) is 4.53. The van der Waals surface area contributed by atoms with Crippen molar-refractivity contribution < 1.29 is 14.6 Å². The molecule has 0 aromatic rings. The molecule has 0 aromatic heterocycles. The predicted octanol–water partition coefficient (Wildman–Crippen LogP) is 3.15. The highest BCUT2D eigenvalue weighted by Crippen LogP contribution is 2.37. The van der Waals surface area contributed by atoms with Crippen LogP contribution in [0.4, 0.5) is 0 Å². The molecule has 1 aliphatic carbocycles. The molecule has 4 nitrogen and oxygen atoms in total. The third kappa shape index (κ3) is 3.85. The van der Waals surface area contributed by atoms with Crippen molar-refractivity contribution in [3.63, 3.8) is 0 Å². The number of piperidine rings is 3. The summed E-state index contributed by atoms with van der Waals surface area (Å²) in [7, 11) is 0. The first-order chi connectivity index (χ1) is 11.5. The van der Waals surface area contributed by atoms with E-state index in [0.717, 1.165) is 58.2 Å². The lowest BCUT2D eigenvalue weighted by atomic mass is 9.76. The van der Waals surface area contributed by atoms with Gasteiger partial charge in [-0.25, -0.2) is 4.79 Å². The van der Waals surface area contributed by atoms with Crippen molar-refractivity contribution >= 4 is 5.97 Å². The highest BCUT2D eigenvalue weighted by atomic mass is 16.6. The van der Waals surface area contributed by atoms with Crippen molar-refractivity contribution in [1.29, 1.82) is 0 Å². The van der Waals surface area contributed by atoms with Gasteiger partial charge < -0.3 is 9.84 Å². The largest absolute Gasteiger partial charge is 0.458 e. The Kier molecular flexibility index (Phi) is 5.66. The second-order valence-corrected chi connectivity index (χ2v) is 8.35. The van der Waals surface area contributed by atoms with Gasteiger partial charge in [0, 0.05) is 12.5 Å². The van der Waals surface area contributed by atoms with Gasteiger partial charge in [-0.2, -0.15) is 0 Å².